The van der Waals surface area contributed by atoms with Crippen LogP contribution >= 0.6 is 23.2 Å². The molecule has 0 heterocycles. The molecule has 7 heteroatoms. The molecule has 0 aliphatic carbocycles. The number of hydrogen-bond donors (Lipinski definition) is 3. The fourth-order valence-electron chi connectivity index (χ4n) is 4.00. The lowest BCUT2D eigenvalue weighted by Crippen LogP contribution is -2.37. The minimum Gasteiger partial charge on any atom is -0.398 e. The van der Waals surface area contributed by atoms with Crippen molar-refractivity contribution in [3.05, 3.63) is 81.3 Å². The molecule has 0 saturated heterocycles. The SMILES string of the molecule is CCc1c(N)cc(Cl)c(CC)c1NC(=O)N(c1ccc(NC)cc1)[C@@H](C)c1ccc(Cl)cc1. The van der Waals surface area contributed by atoms with Gasteiger partial charge in [-0.05, 0) is 78.9 Å². The molecule has 1 atom stereocenters. The summed E-state index contributed by atoms with van der Waals surface area (Å²) in [7, 11) is 1.86. The third-order valence-electron chi connectivity index (χ3n) is 5.85. The van der Waals surface area contributed by atoms with E-state index in [1.54, 1.807) is 11.0 Å². The van der Waals surface area contributed by atoms with Crippen LogP contribution in [0.1, 0.15) is 43.5 Å². The number of carbonyl (C=O) groups is 1. The third kappa shape index (κ3) is 5.37. The Morgan fingerprint density at radius 1 is 1.00 bits per heavy atom. The number of nitrogen functional groups attached to an aromatic ring is 1. The zero-order valence-electron chi connectivity index (χ0n) is 19.4. The summed E-state index contributed by atoms with van der Waals surface area (Å²) in [5.74, 6) is 0. The lowest BCUT2D eigenvalue weighted by atomic mass is 10.0. The molecule has 3 rings (SSSR count). The first-order chi connectivity index (χ1) is 15.8. The van der Waals surface area contributed by atoms with Crippen LogP contribution in [0.4, 0.5) is 27.5 Å². The van der Waals surface area contributed by atoms with E-state index in [2.05, 4.69) is 10.6 Å². The van der Waals surface area contributed by atoms with E-state index in [0.29, 0.717) is 34.3 Å². The third-order valence-corrected chi connectivity index (χ3v) is 6.44. The van der Waals surface area contributed by atoms with Crippen molar-refractivity contribution < 1.29 is 4.79 Å². The summed E-state index contributed by atoms with van der Waals surface area (Å²) in [6.45, 7) is 6.01. The smallest absolute Gasteiger partial charge is 0.326 e. The first-order valence-corrected chi connectivity index (χ1v) is 11.8. The molecule has 0 aromatic heterocycles. The Balaban J connectivity index is 2.07. The molecule has 0 radical (unpaired) electrons. The zero-order chi connectivity index (χ0) is 24.1. The lowest BCUT2D eigenvalue weighted by molar-refractivity contribution is 0.255. The molecule has 4 N–H and O–H groups in total. The Hall–Kier alpha value is -2.89. The Bertz CT molecular complexity index is 1090. The first kappa shape index (κ1) is 24.7. The van der Waals surface area contributed by atoms with Crippen molar-refractivity contribution in [2.45, 2.75) is 39.7 Å². The Morgan fingerprint density at radius 3 is 2.15 bits per heavy atom. The summed E-state index contributed by atoms with van der Waals surface area (Å²) in [5, 5.41) is 7.44. The van der Waals surface area contributed by atoms with Crippen LogP contribution in [-0.4, -0.2) is 13.1 Å². The van der Waals surface area contributed by atoms with E-state index >= 15 is 0 Å². The second kappa shape index (κ2) is 10.8. The van der Waals surface area contributed by atoms with Gasteiger partial charge in [-0.1, -0.05) is 49.2 Å². The maximum absolute atomic E-state index is 13.8. The summed E-state index contributed by atoms with van der Waals surface area (Å²) < 4.78 is 0. The number of nitrogens with two attached hydrogens (primary N) is 1. The Morgan fingerprint density at radius 2 is 1.61 bits per heavy atom. The highest BCUT2D eigenvalue weighted by Crippen LogP contribution is 2.36. The standard InChI is InChI=1S/C26H30Cl2N4O/c1-5-21-23(28)15-24(29)22(6-2)25(21)31-26(33)32(20-13-11-19(30-4)12-14-20)16(3)17-7-9-18(27)10-8-17/h7-16,30H,5-6,29H2,1-4H3,(H,31,33)/t16-/m0/s1. The molecular formula is C26H30Cl2N4O. The van der Waals surface area contributed by atoms with Gasteiger partial charge in [-0.2, -0.15) is 0 Å². The van der Waals surface area contributed by atoms with Crippen molar-refractivity contribution in [3.8, 4) is 0 Å². The van der Waals surface area contributed by atoms with Crippen LogP contribution < -0.4 is 21.3 Å². The number of hydrogen-bond acceptors (Lipinski definition) is 3. The number of halogens is 2. The molecule has 0 fully saturated rings. The van der Waals surface area contributed by atoms with E-state index < -0.39 is 0 Å². The molecule has 0 bridgehead atoms. The quantitative estimate of drug-likeness (QED) is 0.303. The van der Waals surface area contributed by atoms with Crippen molar-refractivity contribution in [1.29, 1.82) is 0 Å². The minimum atomic E-state index is -0.263. The van der Waals surface area contributed by atoms with Crippen LogP contribution in [0.2, 0.25) is 10.0 Å². The van der Waals surface area contributed by atoms with Crippen molar-refractivity contribution in [2.75, 3.05) is 28.3 Å². The van der Waals surface area contributed by atoms with Gasteiger partial charge in [0, 0.05) is 34.2 Å². The van der Waals surface area contributed by atoms with Crippen molar-refractivity contribution in [2.24, 2.45) is 0 Å². The molecule has 3 aromatic carbocycles. The van der Waals surface area contributed by atoms with Gasteiger partial charge in [0.15, 0.2) is 0 Å². The number of rotatable bonds is 7. The number of nitrogens with one attached hydrogen (secondary N) is 2. The molecular weight excluding hydrogens is 455 g/mol. The number of nitrogens with zero attached hydrogens (tertiary/aromatic N) is 1. The molecule has 0 unspecified atom stereocenters. The van der Waals surface area contributed by atoms with Crippen molar-refractivity contribution in [3.63, 3.8) is 0 Å². The lowest BCUT2D eigenvalue weighted by Gasteiger charge is -2.31. The van der Waals surface area contributed by atoms with Crippen LogP contribution in [0, 0.1) is 0 Å². The van der Waals surface area contributed by atoms with E-state index in [1.807, 2.05) is 76.3 Å². The molecule has 33 heavy (non-hydrogen) atoms. The number of anilines is 4. The summed E-state index contributed by atoms with van der Waals surface area (Å²) in [6.07, 6.45) is 1.35. The highest BCUT2D eigenvalue weighted by molar-refractivity contribution is 6.32. The van der Waals surface area contributed by atoms with Crippen LogP contribution in [0.3, 0.4) is 0 Å². The van der Waals surface area contributed by atoms with Crippen molar-refractivity contribution in [1.82, 2.24) is 0 Å². The first-order valence-electron chi connectivity index (χ1n) is 11.0. The van der Waals surface area contributed by atoms with Crippen LogP contribution in [0.5, 0.6) is 0 Å². The highest BCUT2D eigenvalue weighted by atomic mass is 35.5. The van der Waals surface area contributed by atoms with Gasteiger partial charge in [-0.25, -0.2) is 4.79 Å². The average Bonchev–Trinajstić information content (AvgIpc) is 2.80. The molecule has 0 aliphatic rings. The summed E-state index contributed by atoms with van der Waals surface area (Å²) >= 11 is 12.6. The highest BCUT2D eigenvalue weighted by Gasteiger charge is 2.26. The maximum atomic E-state index is 13.8. The van der Waals surface area contributed by atoms with Gasteiger partial charge in [0.25, 0.3) is 0 Å². The van der Waals surface area contributed by atoms with Crippen molar-refractivity contribution >= 4 is 52.0 Å². The van der Waals surface area contributed by atoms with Crippen LogP contribution in [0.15, 0.2) is 54.6 Å². The molecule has 2 amide bonds. The van der Waals surface area contributed by atoms with E-state index in [4.69, 9.17) is 28.9 Å². The largest absolute Gasteiger partial charge is 0.398 e. The Kier molecular flexibility index (Phi) is 8.11. The zero-order valence-corrected chi connectivity index (χ0v) is 20.9. The van der Waals surface area contributed by atoms with E-state index in [9.17, 15) is 4.79 Å². The Labute approximate surface area is 205 Å². The molecule has 5 nitrogen and oxygen atoms in total. The van der Waals surface area contributed by atoms with E-state index in [0.717, 1.165) is 28.1 Å². The molecule has 3 aromatic rings. The van der Waals surface area contributed by atoms with Gasteiger partial charge in [-0.15, -0.1) is 0 Å². The monoisotopic (exact) mass is 484 g/mol. The normalized spacial score (nSPS) is 11.7. The van der Waals surface area contributed by atoms with Gasteiger partial charge >= 0.3 is 6.03 Å². The molecule has 0 spiro atoms. The average molecular weight is 485 g/mol. The predicted octanol–water partition coefficient (Wildman–Crippen LogP) is 7.54. The van der Waals surface area contributed by atoms with Crippen LogP contribution in [0.25, 0.3) is 0 Å². The molecule has 0 aliphatic heterocycles. The second-order valence-electron chi connectivity index (χ2n) is 7.81. The number of amides is 2. The number of carbonyl (C=O) groups excluding carboxylic acids is 1. The fraction of sp³-hybridized carbons (Fsp3) is 0.269. The molecule has 0 saturated carbocycles. The minimum absolute atomic E-state index is 0.255. The summed E-state index contributed by atoms with van der Waals surface area (Å²) in [4.78, 5) is 15.5. The van der Waals surface area contributed by atoms with Gasteiger partial charge < -0.3 is 16.4 Å². The summed E-state index contributed by atoms with van der Waals surface area (Å²) in [6, 6.07) is 16.5. The summed E-state index contributed by atoms with van der Waals surface area (Å²) in [5.41, 5.74) is 12.0. The number of urea groups is 1. The van der Waals surface area contributed by atoms with Crippen LogP contribution in [-0.2, 0) is 12.8 Å². The van der Waals surface area contributed by atoms with E-state index in [-0.39, 0.29) is 12.1 Å². The van der Waals surface area contributed by atoms with Gasteiger partial charge in [0.05, 0.1) is 11.7 Å². The fourth-order valence-corrected chi connectivity index (χ4v) is 4.47. The van der Waals surface area contributed by atoms with Gasteiger partial charge in [0.1, 0.15) is 0 Å². The van der Waals surface area contributed by atoms with Gasteiger partial charge in [0.2, 0.25) is 0 Å². The maximum Gasteiger partial charge on any atom is 0.326 e. The number of benzene rings is 3. The molecule has 174 valence electrons. The van der Waals surface area contributed by atoms with E-state index in [1.165, 1.54) is 0 Å². The topological polar surface area (TPSA) is 70.4 Å². The van der Waals surface area contributed by atoms with Gasteiger partial charge in [-0.3, -0.25) is 4.90 Å². The second-order valence-corrected chi connectivity index (χ2v) is 8.66. The predicted molar refractivity (Wildman–Crippen MR) is 142 cm³/mol.